The van der Waals surface area contributed by atoms with Crippen molar-refractivity contribution in [3.05, 3.63) is 24.8 Å². The average molecular weight is 1090 g/mol. The van der Waals surface area contributed by atoms with Crippen molar-refractivity contribution < 1.29 is 45.1 Å². The molecule has 0 aromatic rings. The summed E-state index contributed by atoms with van der Waals surface area (Å²) in [5.74, 6) is -0.291. The van der Waals surface area contributed by atoms with E-state index < -0.39 is 20.2 Å². The summed E-state index contributed by atoms with van der Waals surface area (Å²) in [6.45, 7) is 21.9. The summed E-state index contributed by atoms with van der Waals surface area (Å²) >= 11 is 10.5. The largest absolute Gasteiger partial charge is 0.356 e. The summed E-state index contributed by atoms with van der Waals surface area (Å²) in [7, 11) is 1.32. The molecule has 0 aliphatic rings. The zero-order valence-electron chi connectivity index (χ0n) is 37.3. The number of hydrogen-bond acceptors (Lipinski definition) is 13. The number of carbonyl (C=O) groups excluding carboxylic acids is 4. The van der Waals surface area contributed by atoms with Gasteiger partial charge >= 0.3 is 0 Å². The smallest absolute Gasteiger partial charge is 0.268 e. The summed E-state index contributed by atoms with van der Waals surface area (Å²) in [5.41, 5.74) is 0. The highest BCUT2D eigenvalue weighted by Gasteiger charge is 2.19. The lowest BCUT2D eigenvalue weighted by molar-refractivity contribution is -0.123. The Kier molecular flexibility index (Phi) is 50.3. The van der Waals surface area contributed by atoms with Crippen LogP contribution in [0.5, 0.6) is 0 Å². The van der Waals surface area contributed by atoms with Crippen molar-refractivity contribution in [1.29, 1.82) is 0 Å². The van der Waals surface area contributed by atoms with Gasteiger partial charge in [0.25, 0.3) is 20.2 Å². The van der Waals surface area contributed by atoms with E-state index >= 15 is 0 Å². The van der Waals surface area contributed by atoms with Crippen LogP contribution in [0.25, 0.3) is 0 Å². The molecule has 0 aliphatic carbocycles. The van der Waals surface area contributed by atoms with E-state index in [1.165, 1.54) is 42.4 Å². The number of allylic oxidation sites excluding steroid dienone is 1. The van der Waals surface area contributed by atoms with Gasteiger partial charge in [0, 0.05) is 156 Å². The van der Waals surface area contributed by atoms with Crippen molar-refractivity contribution in [3.63, 3.8) is 0 Å². The van der Waals surface area contributed by atoms with E-state index in [4.69, 9.17) is 9.11 Å². The first-order valence-electron chi connectivity index (χ1n) is 20.0. The molecule has 0 aliphatic heterocycles. The van der Waals surface area contributed by atoms with Gasteiger partial charge in [0.1, 0.15) is 11.6 Å². The molecule has 0 aromatic carbocycles. The third-order valence-electron chi connectivity index (χ3n) is 7.34. The van der Waals surface area contributed by atoms with Gasteiger partial charge in [-0.05, 0) is 25.8 Å². The van der Waals surface area contributed by atoms with Crippen LogP contribution in [0.15, 0.2) is 24.8 Å². The maximum Gasteiger partial charge on any atom is 0.268 e. The topological polar surface area (TPSA) is 225 Å². The van der Waals surface area contributed by atoms with Gasteiger partial charge in [-0.2, -0.15) is 28.6 Å². The highest BCUT2D eigenvalue weighted by molar-refractivity contribution is 8.70. The predicted octanol–water partition coefficient (Wildman–Crippen LogP) is 4.75. The molecule has 1 unspecified atom stereocenters. The Bertz CT molecular complexity index is 1750. The molecule has 14 nitrogen and oxygen atoms in total. The number of Topliss-reactive ketones (excluding diaryl/α,β-unsaturated/α-hetero) is 2. The molecule has 366 valence electrons. The van der Waals surface area contributed by atoms with Crippen LogP contribution in [0.1, 0.15) is 113 Å². The Balaban J connectivity index is -0.000000410. The van der Waals surface area contributed by atoms with E-state index in [1.54, 1.807) is 47.7 Å². The van der Waals surface area contributed by atoms with Crippen molar-refractivity contribution in [1.82, 2.24) is 21.3 Å². The van der Waals surface area contributed by atoms with Gasteiger partial charge in [0.2, 0.25) is 11.8 Å². The fourth-order valence-corrected chi connectivity index (χ4v) is 17.5. The van der Waals surface area contributed by atoms with Crippen LogP contribution in [-0.2, 0) is 115 Å². The predicted molar refractivity (Wildman–Crippen MR) is 281 cm³/mol. The molecule has 0 fully saturated rings. The summed E-state index contributed by atoms with van der Waals surface area (Å²) < 4.78 is 57.8. The molecule has 0 saturated carbocycles. The molecule has 6 N–H and O–H groups in total. The van der Waals surface area contributed by atoms with Crippen molar-refractivity contribution in [2.75, 3.05) is 43.4 Å². The Labute approximate surface area is 404 Å². The number of ketones is 2. The quantitative estimate of drug-likeness (QED) is 0.0338. The van der Waals surface area contributed by atoms with Crippen LogP contribution in [0.4, 0.5) is 0 Å². The van der Waals surface area contributed by atoms with Crippen LogP contribution in [0.3, 0.4) is 0 Å². The first-order chi connectivity index (χ1) is 28.9. The van der Waals surface area contributed by atoms with Crippen LogP contribution in [-0.4, -0.2) is 110 Å². The molecule has 0 aromatic heterocycles. The van der Waals surface area contributed by atoms with Crippen molar-refractivity contribution >= 4 is 131 Å². The molecule has 0 radical (unpaired) electrons. The van der Waals surface area contributed by atoms with E-state index in [2.05, 4.69) is 64.1 Å². The second kappa shape index (κ2) is 45.8. The number of hydrogen-bond donors (Lipinski definition) is 6. The molecular formula is C37H72N4O10S11. The van der Waals surface area contributed by atoms with Crippen molar-refractivity contribution in [2.24, 2.45) is 11.8 Å². The van der Waals surface area contributed by atoms with Crippen molar-refractivity contribution in [3.8, 4) is 0 Å². The number of unbranched alkanes of at least 4 members (excludes halogenated alkanes) is 3. The van der Waals surface area contributed by atoms with Gasteiger partial charge in [0.05, 0.1) is 11.5 Å². The molecular weight excluding hydrogens is 1010 g/mol. The molecule has 2 amide bonds. The Hall–Kier alpha value is -0.390. The second-order valence-electron chi connectivity index (χ2n) is 14.4. The van der Waals surface area contributed by atoms with E-state index in [1.807, 2.05) is 41.5 Å². The lowest BCUT2D eigenvalue weighted by Crippen LogP contribution is -2.34. The highest BCUT2D eigenvalue weighted by atomic mass is 33.4. The zero-order valence-corrected chi connectivity index (χ0v) is 46.3. The van der Waals surface area contributed by atoms with Crippen LogP contribution >= 0.6 is 11.8 Å². The van der Waals surface area contributed by atoms with Gasteiger partial charge < -0.3 is 21.3 Å². The fourth-order valence-electron chi connectivity index (χ4n) is 4.08. The Morgan fingerprint density at radius 2 is 1.15 bits per heavy atom. The summed E-state index contributed by atoms with van der Waals surface area (Å²) in [6, 6.07) is 0.922. The van der Waals surface area contributed by atoms with E-state index in [0.29, 0.717) is 50.9 Å². The van der Waals surface area contributed by atoms with Crippen LogP contribution in [0.2, 0.25) is 0 Å². The number of thioether (sulfide) groups is 1. The maximum absolute atomic E-state index is 11.9. The van der Waals surface area contributed by atoms with Gasteiger partial charge in [-0.3, -0.25) is 28.3 Å². The second-order valence-corrected chi connectivity index (χ2v) is 29.5. The van der Waals surface area contributed by atoms with Gasteiger partial charge in [-0.1, -0.05) is 86.5 Å². The summed E-state index contributed by atoms with van der Waals surface area (Å²) in [6.07, 6.45) is 11.2. The monoisotopic (exact) mass is 1080 g/mol. The van der Waals surface area contributed by atoms with Crippen LogP contribution < -0.4 is 21.3 Å². The molecule has 0 saturated heterocycles. The Morgan fingerprint density at radius 3 is 1.60 bits per heavy atom. The molecule has 0 heterocycles. The third-order valence-corrected chi connectivity index (χ3v) is 21.4. The molecule has 0 spiro atoms. The van der Waals surface area contributed by atoms with E-state index in [9.17, 15) is 36.0 Å². The lowest BCUT2D eigenvalue weighted by atomic mass is 10.0. The summed E-state index contributed by atoms with van der Waals surface area (Å²) in [5, 5.41) is 12.2. The number of carbonyl (C=O) groups is 4. The van der Waals surface area contributed by atoms with Crippen molar-refractivity contribution in [2.45, 2.75) is 131 Å². The molecule has 0 bridgehead atoms. The minimum Gasteiger partial charge on any atom is -0.356 e. The minimum absolute atomic E-state index is 0.0368. The fraction of sp³-hybridized carbons (Fsp3) is 0.784. The molecule has 62 heavy (non-hydrogen) atoms. The molecule has 1 atom stereocenters. The third kappa shape index (κ3) is 61.7. The number of nitrogens with one attached hydrogen (secondary N) is 4. The first kappa shape index (κ1) is 68.2. The lowest BCUT2D eigenvalue weighted by Gasteiger charge is -2.17. The Morgan fingerprint density at radius 1 is 0.645 bits per heavy atom. The van der Waals surface area contributed by atoms with E-state index in [-0.39, 0.29) is 64.1 Å². The van der Waals surface area contributed by atoms with Gasteiger partial charge in [0.15, 0.2) is 0 Å². The summed E-state index contributed by atoms with van der Waals surface area (Å²) in [4.78, 5) is 46.8. The maximum atomic E-state index is 11.9. The normalized spacial score (nSPS) is 11.5. The van der Waals surface area contributed by atoms with Gasteiger partial charge in [-0.15, -0.1) is 6.58 Å². The molecule has 0 rings (SSSR count). The minimum atomic E-state index is -4.01. The van der Waals surface area contributed by atoms with Gasteiger partial charge in [-0.25, -0.2) is 0 Å². The number of amides is 2. The van der Waals surface area contributed by atoms with E-state index in [0.717, 1.165) is 32.0 Å². The van der Waals surface area contributed by atoms with Crippen LogP contribution in [0, 0.1) is 11.8 Å². The number of rotatable bonds is 29. The SMILES string of the molecule is C=CCS(=O)(=O)O.CC(C)NCCCCCCNC(=O)C/C=C/CC(=O)C(C)C.CC(C)NCCNC(=O)CCC(CC(=O)C(C)C)SCCS(=O)(=O)O.S=S=S=S=S=S=S=S. The standard InChI is InChI=1S/C18H34N2O2.C16H32N2O5S2.C3H6O3S.S8/c1-15(2)17(21)11-7-8-12-18(22)20-14-10-6-5-9-13-19-16(3)4;1-12(2)15(19)11-14(24-9-10-25(21,22)23)5-6-16(20)18-8-7-17-13(3)4;1-2-3-7(4,5)6;1-3-5-7-8-6-4-2/h7-8,15-16,19H,5-6,9-14H2,1-4H3,(H,20,22);12-14,17H,5-11H2,1-4H3,(H,18,20)(H,21,22,23);2H,1,3H2,(H,4,5,6);/b8-7+;;;. The zero-order chi connectivity index (χ0) is 48.4. The first-order valence-corrected chi connectivity index (χ1v) is 33.6. The molecule has 25 heteroatoms. The highest BCUT2D eigenvalue weighted by Crippen LogP contribution is 2.22. The average Bonchev–Trinajstić information content (AvgIpc) is 3.16.